The maximum absolute atomic E-state index is 4.48. The van der Waals surface area contributed by atoms with Gasteiger partial charge in [0.25, 0.3) is 0 Å². The molecule has 0 bridgehead atoms. The first-order valence-electron chi connectivity index (χ1n) is 10.2. The molecule has 26 heavy (non-hydrogen) atoms. The molecule has 0 amide bonds. The number of unbranched alkanes of at least 4 members (excludes halogenated alkanes) is 1. The normalized spacial score (nSPS) is 19.9. The first-order valence-corrected chi connectivity index (χ1v) is 10.2. The summed E-state index contributed by atoms with van der Waals surface area (Å²) in [4.78, 5) is 4.48. The lowest BCUT2D eigenvalue weighted by Crippen LogP contribution is -2.19. The molecule has 0 aromatic rings. The van der Waals surface area contributed by atoms with Gasteiger partial charge < -0.3 is 0 Å². The van der Waals surface area contributed by atoms with Gasteiger partial charge in [-0.25, -0.2) is 0 Å². The minimum absolute atomic E-state index is 0.308. The molecule has 0 fully saturated rings. The highest BCUT2D eigenvalue weighted by molar-refractivity contribution is 5.79. The molecule has 1 aliphatic carbocycles. The second kappa shape index (κ2) is 11.2. The molecule has 0 saturated carbocycles. The van der Waals surface area contributed by atoms with Crippen LogP contribution < -0.4 is 0 Å². The third kappa shape index (κ3) is 7.72. The molecule has 144 valence electrons. The summed E-state index contributed by atoms with van der Waals surface area (Å²) in [5.41, 5.74) is 7.18. The van der Waals surface area contributed by atoms with Gasteiger partial charge in [-0.15, -0.1) is 0 Å². The summed E-state index contributed by atoms with van der Waals surface area (Å²) in [5, 5.41) is 0. The highest BCUT2D eigenvalue weighted by Crippen LogP contribution is 2.40. The van der Waals surface area contributed by atoms with Crippen LogP contribution in [-0.2, 0) is 0 Å². The summed E-state index contributed by atoms with van der Waals surface area (Å²) in [6.07, 6.45) is 19.3. The Morgan fingerprint density at radius 1 is 1.12 bits per heavy atom. The van der Waals surface area contributed by atoms with Crippen LogP contribution in [-0.4, -0.2) is 12.8 Å². The second-order valence-electron chi connectivity index (χ2n) is 8.29. The van der Waals surface area contributed by atoms with Gasteiger partial charge in [-0.2, -0.15) is 0 Å². The van der Waals surface area contributed by atoms with Crippen molar-refractivity contribution >= 4 is 6.21 Å². The van der Waals surface area contributed by atoms with Crippen LogP contribution in [0.3, 0.4) is 0 Å². The Hall–Kier alpha value is -1.63. The Morgan fingerprint density at radius 3 is 2.50 bits per heavy atom. The number of hydrogen-bond donors (Lipinski definition) is 0. The Labute approximate surface area is 162 Å². The van der Waals surface area contributed by atoms with Crippen molar-refractivity contribution in [3.8, 4) is 0 Å². The summed E-state index contributed by atoms with van der Waals surface area (Å²) in [6, 6.07) is 0. The van der Waals surface area contributed by atoms with E-state index in [2.05, 4.69) is 83.8 Å². The van der Waals surface area contributed by atoms with Crippen molar-refractivity contribution in [3.63, 3.8) is 0 Å². The summed E-state index contributed by atoms with van der Waals surface area (Å²) in [5.74, 6) is 0. The largest absolute Gasteiger partial charge is 0.293 e. The lowest BCUT2D eigenvalue weighted by molar-refractivity contribution is 0.377. The van der Waals surface area contributed by atoms with Gasteiger partial charge in [0.15, 0.2) is 0 Å². The van der Waals surface area contributed by atoms with E-state index in [0.717, 1.165) is 6.54 Å². The zero-order valence-electron chi connectivity index (χ0n) is 18.2. The van der Waals surface area contributed by atoms with Crippen LogP contribution in [0.15, 0.2) is 63.2 Å². The smallest absolute Gasteiger partial charge is 0.0389 e. The van der Waals surface area contributed by atoms with E-state index in [1.165, 1.54) is 54.4 Å². The van der Waals surface area contributed by atoms with Crippen molar-refractivity contribution < 1.29 is 0 Å². The van der Waals surface area contributed by atoms with E-state index in [1.807, 2.05) is 6.21 Å². The first-order chi connectivity index (χ1) is 12.3. The molecule has 0 unspecified atom stereocenters. The van der Waals surface area contributed by atoms with Crippen molar-refractivity contribution in [2.24, 2.45) is 10.4 Å². The molecule has 0 aliphatic heterocycles. The topological polar surface area (TPSA) is 12.4 Å². The Balaban J connectivity index is 2.73. The number of nitrogens with zero attached hydrogens (tertiary/aromatic N) is 1. The van der Waals surface area contributed by atoms with Gasteiger partial charge in [-0.3, -0.25) is 4.99 Å². The quantitative estimate of drug-likeness (QED) is 0.240. The Morgan fingerprint density at radius 2 is 1.85 bits per heavy atom. The van der Waals surface area contributed by atoms with Crippen LogP contribution in [0, 0.1) is 5.41 Å². The van der Waals surface area contributed by atoms with Gasteiger partial charge in [0.05, 0.1) is 0 Å². The summed E-state index contributed by atoms with van der Waals surface area (Å²) in [7, 11) is 0. The fourth-order valence-corrected chi connectivity index (χ4v) is 3.31. The highest BCUT2D eigenvalue weighted by atomic mass is 14.7. The molecule has 1 nitrogen and oxygen atoms in total. The van der Waals surface area contributed by atoms with Crippen molar-refractivity contribution in [2.75, 3.05) is 6.54 Å². The maximum atomic E-state index is 4.48. The van der Waals surface area contributed by atoms with Gasteiger partial charge >= 0.3 is 0 Å². The van der Waals surface area contributed by atoms with Crippen molar-refractivity contribution in [1.29, 1.82) is 0 Å². The molecule has 0 N–H and O–H groups in total. The standard InChI is InChI=1S/C25H39N/c1-8-9-18-26-19-23(5)21(3)13-10-12-20(2)15-16-24-22(4)14-11-17-25(24,6)7/h10,12-13,15-16,19H,8-9,11,14,17-18H2,1-7H3/b13-10-,16-15+,20-12+,23-21+,26-19?. The molecule has 0 aromatic heterocycles. The van der Waals surface area contributed by atoms with Gasteiger partial charge in [-0.1, -0.05) is 68.7 Å². The predicted molar refractivity (Wildman–Crippen MR) is 119 cm³/mol. The van der Waals surface area contributed by atoms with Crippen LogP contribution in [0.2, 0.25) is 0 Å². The van der Waals surface area contributed by atoms with Gasteiger partial charge in [-0.05, 0) is 75.5 Å². The van der Waals surface area contributed by atoms with Crippen molar-refractivity contribution in [3.05, 3.63) is 58.2 Å². The van der Waals surface area contributed by atoms with Crippen LogP contribution in [0.25, 0.3) is 0 Å². The molecule has 0 saturated heterocycles. The molecule has 0 atom stereocenters. The molecular weight excluding hydrogens is 314 g/mol. The van der Waals surface area contributed by atoms with Gasteiger partial charge in [0, 0.05) is 12.8 Å². The molecular formula is C25H39N. The van der Waals surface area contributed by atoms with Gasteiger partial charge in [0.1, 0.15) is 0 Å². The second-order valence-corrected chi connectivity index (χ2v) is 8.29. The maximum Gasteiger partial charge on any atom is 0.0389 e. The van der Waals surface area contributed by atoms with E-state index < -0.39 is 0 Å². The monoisotopic (exact) mass is 353 g/mol. The van der Waals surface area contributed by atoms with Gasteiger partial charge in [0.2, 0.25) is 0 Å². The third-order valence-corrected chi connectivity index (χ3v) is 5.31. The SMILES string of the molecule is CCCCN=C/C(C)=C(C)/C=C\C=C(C)\C=C\C1=C(C)CCCC1(C)C. The van der Waals surface area contributed by atoms with E-state index >= 15 is 0 Å². The fraction of sp³-hybridized carbons (Fsp3) is 0.560. The number of rotatable bonds is 8. The highest BCUT2D eigenvalue weighted by Gasteiger charge is 2.26. The first kappa shape index (κ1) is 22.4. The van der Waals surface area contributed by atoms with Crippen LogP contribution in [0.1, 0.15) is 80.6 Å². The fourth-order valence-electron chi connectivity index (χ4n) is 3.31. The van der Waals surface area contributed by atoms with Crippen molar-refractivity contribution in [1.82, 2.24) is 0 Å². The van der Waals surface area contributed by atoms with E-state index in [0.29, 0.717) is 5.41 Å². The lowest BCUT2D eigenvalue weighted by Gasteiger charge is -2.32. The zero-order chi connectivity index (χ0) is 19.6. The third-order valence-electron chi connectivity index (χ3n) is 5.31. The Kier molecular flexibility index (Phi) is 9.62. The summed E-state index contributed by atoms with van der Waals surface area (Å²) < 4.78 is 0. The predicted octanol–water partition coefficient (Wildman–Crippen LogP) is 7.78. The molecule has 0 radical (unpaired) electrons. The average Bonchev–Trinajstić information content (AvgIpc) is 2.57. The van der Waals surface area contributed by atoms with Crippen LogP contribution >= 0.6 is 0 Å². The van der Waals surface area contributed by atoms with E-state index in [9.17, 15) is 0 Å². The van der Waals surface area contributed by atoms with E-state index in [-0.39, 0.29) is 0 Å². The Bertz CT molecular complexity index is 633. The molecule has 0 spiro atoms. The van der Waals surface area contributed by atoms with E-state index in [1.54, 1.807) is 5.57 Å². The average molecular weight is 354 g/mol. The number of allylic oxidation sites excluding steroid dienone is 10. The number of hydrogen-bond acceptors (Lipinski definition) is 1. The molecule has 0 heterocycles. The minimum Gasteiger partial charge on any atom is -0.293 e. The summed E-state index contributed by atoms with van der Waals surface area (Å²) in [6.45, 7) is 16.6. The zero-order valence-corrected chi connectivity index (χ0v) is 18.2. The molecule has 0 aromatic carbocycles. The minimum atomic E-state index is 0.308. The van der Waals surface area contributed by atoms with Crippen LogP contribution in [0.4, 0.5) is 0 Å². The van der Waals surface area contributed by atoms with Crippen LogP contribution in [0.5, 0.6) is 0 Å². The molecule has 1 rings (SSSR count). The van der Waals surface area contributed by atoms with E-state index in [4.69, 9.17) is 0 Å². The lowest BCUT2D eigenvalue weighted by atomic mass is 9.72. The molecule has 1 aliphatic rings. The number of aliphatic imine (C=N–C) groups is 1. The molecule has 1 heteroatoms. The van der Waals surface area contributed by atoms with Crippen molar-refractivity contribution in [2.45, 2.75) is 80.6 Å². The summed E-state index contributed by atoms with van der Waals surface area (Å²) >= 11 is 0.